The van der Waals surface area contributed by atoms with Crippen LogP contribution in [0.3, 0.4) is 0 Å². The summed E-state index contributed by atoms with van der Waals surface area (Å²) in [7, 11) is 2.12. The quantitative estimate of drug-likeness (QED) is 0.747. The van der Waals surface area contributed by atoms with Crippen LogP contribution in [0.5, 0.6) is 5.75 Å². The predicted molar refractivity (Wildman–Crippen MR) is 91.3 cm³/mol. The van der Waals surface area contributed by atoms with Crippen LogP contribution in [-0.4, -0.2) is 42.4 Å². The highest BCUT2D eigenvalue weighted by molar-refractivity contribution is 5.34. The number of aliphatic hydroxyl groups excluding tert-OH is 1. The Labute approximate surface area is 134 Å². The summed E-state index contributed by atoms with van der Waals surface area (Å²) in [6.45, 7) is 4.79. The number of aliphatic hydroxyl groups is 1. The summed E-state index contributed by atoms with van der Waals surface area (Å²) in [5.41, 5.74) is 1.12. The third-order valence-corrected chi connectivity index (χ3v) is 4.46. The second kappa shape index (κ2) is 8.96. The zero-order valence-corrected chi connectivity index (χ0v) is 13.7. The van der Waals surface area contributed by atoms with Gasteiger partial charge in [0.2, 0.25) is 0 Å². The lowest BCUT2D eigenvalue weighted by atomic mass is 9.94. The lowest BCUT2D eigenvalue weighted by Crippen LogP contribution is -2.40. The van der Waals surface area contributed by atoms with Crippen LogP contribution in [0.4, 0.5) is 0 Å². The maximum absolute atomic E-state index is 10.2. The molecule has 0 heterocycles. The summed E-state index contributed by atoms with van der Waals surface area (Å²) in [6, 6.07) is 8.58. The second-order valence-electron chi connectivity index (χ2n) is 6.30. The smallest absolute Gasteiger partial charge is 0.122 e. The molecule has 1 aromatic rings. The molecule has 1 aliphatic rings. The zero-order chi connectivity index (χ0) is 15.8. The third kappa shape index (κ3) is 5.15. The van der Waals surface area contributed by atoms with Gasteiger partial charge >= 0.3 is 0 Å². The molecule has 1 aliphatic carbocycles. The fourth-order valence-electron chi connectivity index (χ4n) is 3.21. The highest BCUT2D eigenvalue weighted by Crippen LogP contribution is 2.22. The first-order valence-electron chi connectivity index (χ1n) is 8.40. The van der Waals surface area contributed by atoms with Gasteiger partial charge in [0.25, 0.3) is 0 Å². The van der Waals surface area contributed by atoms with E-state index in [2.05, 4.69) is 18.5 Å². The van der Waals surface area contributed by atoms with Gasteiger partial charge in [-0.05, 0) is 37.9 Å². The number of allylic oxidation sites excluding steroid dienone is 1. The summed E-state index contributed by atoms with van der Waals surface area (Å²) in [5, 5.41) is 10.2. The maximum atomic E-state index is 10.2. The van der Waals surface area contributed by atoms with Gasteiger partial charge in [-0.25, -0.2) is 0 Å². The standard InChI is InChI=1S/C19H29NO2/c1-3-9-16-10-7-8-13-19(16)22-15-18(21)14-20(2)17-11-5-4-6-12-17/h3,7-8,10,13,17-18,21H,1,4-6,9,11-12,14-15H2,2H3/t18-/m1/s1. The molecule has 0 unspecified atom stereocenters. The molecule has 0 aromatic heterocycles. The summed E-state index contributed by atoms with van der Waals surface area (Å²) in [5.74, 6) is 0.849. The lowest BCUT2D eigenvalue weighted by molar-refractivity contribution is 0.0559. The number of likely N-dealkylation sites (N-methyl/N-ethyl adjacent to an activating group) is 1. The first-order valence-corrected chi connectivity index (χ1v) is 8.40. The molecule has 1 aromatic carbocycles. The molecule has 3 heteroatoms. The largest absolute Gasteiger partial charge is 0.491 e. The van der Waals surface area contributed by atoms with E-state index in [0.29, 0.717) is 19.2 Å². The van der Waals surface area contributed by atoms with E-state index >= 15 is 0 Å². The molecule has 3 nitrogen and oxygen atoms in total. The Bertz CT molecular complexity index is 455. The molecular weight excluding hydrogens is 274 g/mol. The molecule has 0 bridgehead atoms. The van der Waals surface area contributed by atoms with E-state index in [1.54, 1.807) is 0 Å². The number of hydrogen-bond acceptors (Lipinski definition) is 3. The Hall–Kier alpha value is -1.32. The van der Waals surface area contributed by atoms with Crippen LogP contribution in [0, 0.1) is 0 Å². The molecule has 22 heavy (non-hydrogen) atoms. The van der Waals surface area contributed by atoms with Crippen molar-refractivity contribution in [3.05, 3.63) is 42.5 Å². The summed E-state index contributed by atoms with van der Waals surface area (Å²) >= 11 is 0. The number of hydrogen-bond donors (Lipinski definition) is 1. The predicted octanol–water partition coefficient (Wildman–Crippen LogP) is 3.42. The first kappa shape index (κ1) is 17.0. The van der Waals surface area contributed by atoms with Gasteiger partial charge in [0.1, 0.15) is 18.5 Å². The number of rotatable bonds is 8. The van der Waals surface area contributed by atoms with E-state index in [-0.39, 0.29) is 0 Å². The fraction of sp³-hybridized carbons (Fsp3) is 0.579. The van der Waals surface area contributed by atoms with E-state index in [0.717, 1.165) is 17.7 Å². The second-order valence-corrected chi connectivity index (χ2v) is 6.30. The van der Waals surface area contributed by atoms with E-state index in [4.69, 9.17) is 4.74 Å². The molecule has 1 atom stereocenters. The molecule has 0 radical (unpaired) electrons. The van der Waals surface area contributed by atoms with Gasteiger partial charge in [-0.15, -0.1) is 6.58 Å². The average molecular weight is 303 g/mol. The van der Waals surface area contributed by atoms with Crippen molar-refractivity contribution in [2.45, 2.75) is 50.7 Å². The number of para-hydroxylation sites is 1. The van der Waals surface area contributed by atoms with E-state index < -0.39 is 6.10 Å². The fourth-order valence-corrected chi connectivity index (χ4v) is 3.21. The molecule has 0 spiro atoms. The average Bonchev–Trinajstić information content (AvgIpc) is 2.55. The topological polar surface area (TPSA) is 32.7 Å². The van der Waals surface area contributed by atoms with E-state index in [1.165, 1.54) is 32.1 Å². The van der Waals surface area contributed by atoms with E-state index in [9.17, 15) is 5.11 Å². The molecule has 0 aliphatic heterocycles. The zero-order valence-electron chi connectivity index (χ0n) is 13.7. The molecule has 2 rings (SSSR count). The van der Waals surface area contributed by atoms with Crippen LogP contribution in [0.25, 0.3) is 0 Å². The van der Waals surface area contributed by atoms with Gasteiger partial charge in [-0.1, -0.05) is 43.5 Å². The number of ether oxygens (including phenoxy) is 1. The van der Waals surface area contributed by atoms with Gasteiger partial charge in [0.05, 0.1) is 0 Å². The number of benzene rings is 1. The van der Waals surface area contributed by atoms with Crippen LogP contribution in [0.2, 0.25) is 0 Å². The summed E-state index contributed by atoms with van der Waals surface area (Å²) in [4.78, 5) is 2.29. The van der Waals surface area contributed by atoms with Crippen LogP contribution < -0.4 is 4.74 Å². The molecule has 1 saturated carbocycles. The first-order chi connectivity index (χ1) is 10.7. The Morgan fingerprint density at radius 1 is 1.32 bits per heavy atom. The Balaban J connectivity index is 1.79. The molecular formula is C19H29NO2. The summed E-state index contributed by atoms with van der Waals surface area (Å²) in [6.07, 6.45) is 8.70. The van der Waals surface area contributed by atoms with Crippen molar-refractivity contribution in [2.24, 2.45) is 0 Å². The summed E-state index contributed by atoms with van der Waals surface area (Å²) < 4.78 is 5.82. The SMILES string of the molecule is C=CCc1ccccc1OC[C@H](O)CN(C)C1CCCCC1. The Morgan fingerprint density at radius 2 is 2.05 bits per heavy atom. The Morgan fingerprint density at radius 3 is 2.77 bits per heavy atom. The van der Waals surface area contributed by atoms with Crippen LogP contribution in [-0.2, 0) is 6.42 Å². The van der Waals surface area contributed by atoms with Crippen molar-refractivity contribution >= 4 is 0 Å². The van der Waals surface area contributed by atoms with Crippen molar-refractivity contribution in [3.63, 3.8) is 0 Å². The molecule has 1 N–H and O–H groups in total. The lowest BCUT2D eigenvalue weighted by Gasteiger charge is -2.32. The highest BCUT2D eigenvalue weighted by Gasteiger charge is 2.20. The molecule has 0 saturated heterocycles. The van der Waals surface area contributed by atoms with E-state index in [1.807, 2.05) is 30.3 Å². The minimum atomic E-state index is -0.455. The maximum Gasteiger partial charge on any atom is 0.122 e. The van der Waals surface area contributed by atoms with Crippen LogP contribution in [0.1, 0.15) is 37.7 Å². The number of nitrogens with zero attached hydrogens (tertiary/aromatic N) is 1. The normalized spacial score (nSPS) is 17.4. The third-order valence-electron chi connectivity index (χ3n) is 4.46. The minimum absolute atomic E-state index is 0.339. The van der Waals surface area contributed by atoms with Crippen LogP contribution in [0.15, 0.2) is 36.9 Å². The minimum Gasteiger partial charge on any atom is -0.491 e. The van der Waals surface area contributed by atoms with Crippen molar-refractivity contribution in [2.75, 3.05) is 20.2 Å². The van der Waals surface area contributed by atoms with Gasteiger partial charge in [0, 0.05) is 12.6 Å². The molecule has 122 valence electrons. The Kier molecular flexibility index (Phi) is 6.94. The van der Waals surface area contributed by atoms with Crippen molar-refractivity contribution in [3.8, 4) is 5.75 Å². The van der Waals surface area contributed by atoms with Crippen molar-refractivity contribution < 1.29 is 9.84 Å². The van der Waals surface area contributed by atoms with Gasteiger partial charge in [-0.3, -0.25) is 0 Å². The van der Waals surface area contributed by atoms with Crippen molar-refractivity contribution in [1.82, 2.24) is 4.90 Å². The van der Waals surface area contributed by atoms with Crippen molar-refractivity contribution in [1.29, 1.82) is 0 Å². The molecule has 0 amide bonds. The van der Waals surface area contributed by atoms with Gasteiger partial charge in [0.15, 0.2) is 0 Å². The van der Waals surface area contributed by atoms with Gasteiger partial charge in [-0.2, -0.15) is 0 Å². The monoisotopic (exact) mass is 303 g/mol. The van der Waals surface area contributed by atoms with Gasteiger partial charge < -0.3 is 14.7 Å². The molecule has 1 fully saturated rings. The van der Waals surface area contributed by atoms with Crippen LogP contribution >= 0.6 is 0 Å². The highest BCUT2D eigenvalue weighted by atomic mass is 16.5.